The molecule has 0 spiro atoms. The molecule has 0 saturated carbocycles. The average molecular weight is 153 g/mol. The summed E-state index contributed by atoms with van der Waals surface area (Å²) >= 11 is 0. The lowest BCUT2D eigenvalue weighted by Crippen LogP contribution is -2.22. The second kappa shape index (κ2) is 2.78. The number of carboxylic acid groups (broad SMARTS) is 1. The van der Waals surface area contributed by atoms with E-state index in [9.17, 15) is 9.90 Å². The number of hydrogen-bond acceptors (Lipinski definition) is 3. The summed E-state index contributed by atoms with van der Waals surface area (Å²) in [6.07, 6.45) is 0.653. The molecule has 0 radical (unpaired) electrons. The van der Waals surface area contributed by atoms with Crippen LogP contribution < -0.4 is 5.11 Å². The van der Waals surface area contributed by atoms with Gasteiger partial charge in [-0.05, 0) is 25.0 Å². The van der Waals surface area contributed by atoms with Gasteiger partial charge in [-0.2, -0.15) is 0 Å². The highest BCUT2D eigenvalue weighted by Gasteiger charge is 2.06. The molecule has 1 heterocycles. The molecule has 3 nitrogen and oxygen atoms in total. The van der Waals surface area contributed by atoms with Gasteiger partial charge in [-0.1, -0.05) is 6.92 Å². The van der Waals surface area contributed by atoms with Crippen molar-refractivity contribution in [3.8, 4) is 0 Å². The monoisotopic (exact) mass is 153 g/mol. The Morgan fingerprint density at radius 1 is 1.73 bits per heavy atom. The largest absolute Gasteiger partial charge is 0.542 e. The lowest BCUT2D eigenvalue weighted by molar-refractivity contribution is -0.257. The SMILES string of the molecule is CCc1cc(C)oc1C(=O)[O-]. The van der Waals surface area contributed by atoms with E-state index in [2.05, 4.69) is 0 Å². The second-order valence-electron chi connectivity index (χ2n) is 2.35. The van der Waals surface area contributed by atoms with Crippen LogP contribution in [0.5, 0.6) is 0 Å². The van der Waals surface area contributed by atoms with Crippen molar-refractivity contribution in [2.45, 2.75) is 20.3 Å². The van der Waals surface area contributed by atoms with Crippen LogP contribution in [0.3, 0.4) is 0 Å². The molecular formula is C8H9O3-. The van der Waals surface area contributed by atoms with Gasteiger partial charge in [-0.25, -0.2) is 0 Å². The number of carbonyl (C=O) groups excluding carboxylic acids is 1. The zero-order chi connectivity index (χ0) is 8.43. The molecule has 3 heteroatoms. The Labute approximate surface area is 64.6 Å². The number of aryl methyl sites for hydroxylation is 2. The van der Waals surface area contributed by atoms with E-state index in [1.54, 1.807) is 13.0 Å². The lowest BCUT2D eigenvalue weighted by atomic mass is 10.2. The van der Waals surface area contributed by atoms with Crippen molar-refractivity contribution >= 4 is 5.97 Å². The van der Waals surface area contributed by atoms with E-state index in [4.69, 9.17) is 4.42 Å². The Morgan fingerprint density at radius 2 is 2.36 bits per heavy atom. The summed E-state index contributed by atoms with van der Waals surface area (Å²) < 4.78 is 4.90. The van der Waals surface area contributed by atoms with Gasteiger partial charge in [0.05, 0.1) is 0 Å². The van der Waals surface area contributed by atoms with Crippen molar-refractivity contribution in [1.29, 1.82) is 0 Å². The molecule has 0 bridgehead atoms. The Morgan fingerprint density at radius 3 is 2.73 bits per heavy atom. The van der Waals surface area contributed by atoms with Gasteiger partial charge >= 0.3 is 0 Å². The molecule has 60 valence electrons. The van der Waals surface area contributed by atoms with Gasteiger partial charge in [-0.15, -0.1) is 0 Å². The van der Waals surface area contributed by atoms with Crippen LogP contribution in [-0.4, -0.2) is 5.97 Å². The smallest absolute Gasteiger partial charge is 0.152 e. The summed E-state index contributed by atoms with van der Waals surface area (Å²) in [5, 5.41) is 10.4. The number of carbonyl (C=O) groups is 1. The number of rotatable bonds is 2. The van der Waals surface area contributed by atoms with E-state index >= 15 is 0 Å². The van der Waals surface area contributed by atoms with Crippen LogP contribution in [0.15, 0.2) is 10.5 Å². The van der Waals surface area contributed by atoms with Crippen molar-refractivity contribution in [3.05, 3.63) is 23.2 Å². The van der Waals surface area contributed by atoms with E-state index in [1.807, 2.05) is 6.92 Å². The molecule has 1 aromatic heterocycles. The Balaban J connectivity index is 3.12. The normalized spacial score (nSPS) is 10.0. The highest BCUT2D eigenvalue weighted by Crippen LogP contribution is 2.14. The Bertz CT molecular complexity index is 273. The third kappa shape index (κ3) is 1.42. The first kappa shape index (κ1) is 7.85. The van der Waals surface area contributed by atoms with Crippen molar-refractivity contribution in [1.82, 2.24) is 0 Å². The number of hydrogen-bond donors (Lipinski definition) is 0. The van der Waals surface area contributed by atoms with Crippen molar-refractivity contribution in [3.63, 3.8) is 0 Å². The zero-order valence-corrected chi connectivity index (χ0v) is 6.51. The molecule has 0 aromatic carbocycles. The van der Waals surface area contributed by atoms with Crippen molar-refractivity contribution in [2.75, 3.05) is 0 Å². The number of furan rings is 1. The summed E-state index contributed by atoms with van der Waals surface area (Å²) in [5.74, 6) is -0.666. The van der Waals surface area contributed by atoms with E-state index in [1.165, 1.54) is 0 Å². The number of carboxylic acids is 1. The van der Waals surface area contributed by atoms with Crippen molar-refractivity contribution < 1.29 is 14.3 Å². The molecule has 0 fully saturated rings. The molecule has 1 rings (SSSR count). The average Bonchev–Trinajstić information content (AvgIpc) is 2.30. The minimum absolute atomic E-state index is 0.0370. The molecule has 1 aromatic rings. The molecule has 0 atom stereocenters. The van der Waals surface area contributed by atoms with Gasteiger partial charge in [0.15, 0.2) is 5.76 Å². The lowest BCUT2D eigenvalue weighted by Gasteiger charge is -1.98. The zero-order valence-electron chi connectivity index (χ0n) is 6.51. The van der Waals surface area contributed by atoms with Crippen LogP contribution in [-0.2, 0) is 6.42 Å². The predicted molar refractivity (Wildman–Crippen MR) is 37.2 cm³/mol. The van der Waals surface area contributed by atoms with Gasteiger partial charge in [-0.3, -0.25) is 0 Å². The fraction of sp³-hybridized carbons (Fsp3) is 0.375. The third-order valence-corrected chi connectivity index (χ3v) is 1.50. The first-order valence-corrected chi connectivity index (χ1v) is 3.45. The summed E-state index contributed by atoms with van der Waals surface area (Å²) in [5.41, 5.74) is 0.697. The number of aromatic carboxylic acids is 1. The molecule has 0 amide bonds. The summed E-state index contributed by atoms with van der Waals surface area (Å²) in [6, 6.07) is 1.71. The van der Waals surface area contributed by atoms with Crippen LogP contribution in [0.25, 0.3) is 0 Å². The van der Waals surface area contributed by atoms with Crippen LogP contribution in [0.1, 0.15) is 28.8 Å². The fourth-order valence-electron chi connectivity index (χ4n) is 1.00. The summed E-state index contributed by atoms with van der Waals surface area (Å²) in [7, 11) is 0. The van der Waals surface area contributed by atoms with E-state index in [-0.39, 0.29) is 5.76 Å². The van der Waals surface area contributed by atoms with Gasteiger partial charge in [0.25, 0.3) is 0 Å². The molecular weight excluding hydrogens is 144 g/mol. The van der Waals surface area contributed by atoms with Gasteiger partial charge in [0, 0.05) is 0 Å². The molecule has 0 aliphatic rings. The third-order valence-electron chi connectivity index (χ3n) is 1.50. The molecule has 0 N–H and O–H groups in total. The maximum Gasteiger partial charge on any atom is 0.152 e. The molecule has 0 unspecified atom stereocenters. The van der Waals surface area contributed by atoms with E-state index in [0.717, 1.165) is 0 Å². The van der Waals surface area contributed by atoms with Gasteiger partial charge < -0.3 is 14.3 Å². The standard InChI is InChI=1S/C8H10O3/c1-3-6-4-5(2)11-7(6)8(9)10/h4H,3H2,1-2H3,(H,9,10)/p-1. The Hall–Kier alpha value is -1.25. The topological polar surface area (TPSA) is 53.3 Å². The fourth-order valence-corrected chi connectivity index (χ4v) is 1.00. The molecule has 11 heavy (non-hydrogen) atoms. The summed E-state index contributed by atoms with van der Waals surface area (Å²) in [4.78, 5) is 10.4. The van der Waals surface area contributed by atoms with Crippen molar-refractivity contribution in [2.24, 2.45) is 0 Å². The maximum atomic E-state index is 10.4. The van der Waals surface area contributed by atoms with Crippen LogP contribution in [0.2, 0.25) is 0 Å². The van der Waals surface area contributed by atoms with E-state index in [0.29, 0.717) is 17.7 Å². The molecule has 0 aliphatic carbocycles. The van der Waals surface area contributed by atoms with E-state index < -0.39 is 5.97 Å². The second-order valence-corrected chi connectivity index (χ2v) is 2.35. The first-order chi connectivity index (χ1) is 5.15. The quantitative estimate of drug-likeness (QED) is 0.622. The molecule has 0 aliphatic heterocycles. The molecule has 0 saturated heterocycles. The highest BCUT2D eigenvalue weighted by atomic mass is 16.4. The highest BCUT2D eigenvalue weighted by molar-refractivity contribution is 5.84. The maximum absolute atomic E-state index is 10.4. The van der Waals surface area contributed by atoms with Crippen LogP contribution >= 0.6 is 0 Å². The minimum atomic E-state index is -1.24. The predicted octanol–water partition coefficient (Wildman–Crippen LogP) is 0.514. The van der Waals surface area contributed by atoms with Crippen LogP contribution in [0, 0.1) is 6.92 Å². The van der Waals surface area contributed by atoms with Crippen LogP contribution in [0.4, 0.5) is 0 Å². The van der Waals surface area contributed by atoms with Gasteiger partial charge in [0.1, 0.15) is 11.7 Å². The summed E-state index contributed by atoms with van der Waals surface area (Å²) in [6.45, 7) is 3.59. The Kier molecular flexibility index (Phi) is 1.98. The minimum Gasteiger partial charge on any atom is -0.542 e. The van der Waals surface area contributed by atoms with Gasteiger partial charge in [0.2, 0.25) is 0 Å². The first-order valence-electron chi connectivity index (χ1n) is 3.45.